The van der Waals surface area contributed by atoms with Crippen LogP contribution in [0.3, 0.4) is 0 Å². The highest BCUT2D eigenvalue weighted by atomic mass is 16.2. The van der Waals surface area contributed by atoms with Gasteiger partial charge < -0.3 is 16.0 Å². The van der Waals surface area contributed by atoms with Crippen LogP contribution in [0.2, 0.25) is 0 Å². The molecule has 0 aromatic carbocycles. The highest BCUT2D eigenvalue weighted by Gasteiger charge is 2.41. The van der Waals surface area contributed by atoms with Crippen molar-refractivity contribution in [3.05, 3.63) is 17.5 Å². The van der Waals surface area contributed by atoms with Crippen molar-refractivity contribution in [2.24, 2.45) is 11.7 Å². The molecule has 2 saturated heterocycles. The summed E-state index contributed by atoms with van der Waals surface area (Å²) in [5.41, 5.74) is 7.44. The number of aryl methyl sites for hydroxylation is 1. The van der Waals surface area contributed by atoms with E-state index < -0.39 is 0 Å². The molecule has 1 aromatic rings. The van der Waals surface area contributed by atoms with Gasteiger partial charge in [0.1, 0.15) is 0 Å². The monoisotopic (exact) mass is 261 g/mol. The fourth-order valence-electron chi connectivity index (χ4n) is 3.05. The van der Waals surface area contributed by atoms with E-state index in [1.165, 1.54) is 0 Å². The Labute approximate surface area is 112 Å². The molecule has 1 amide bonds. The maximum absolute atomic E-state index is 11.8. The van der Waals surface area contributed by atoms with Gasteiger partial charge in [0, 0.05) is 25.3 Å². The zero-order valence-electron chi connectivity index (χ0n) is 11.1. The number of anilines is 1. The molecule has 0 radical (unpaired) electrons. The fourth-order valence-corrected chi connectivity index (χ4v) is 3.05. The van der Waals surface area contributed by atoms with Crippen LogP contribution >= 0.6 is 0 Å². The number of rotatable bonds is 2. The molecule has 0 saturated carbocycles. The largest absolute Gasteiger partial charge is 0.354 e. The smallest absolute Gasteiger partial charge is 0.226 e. The van der Waals surface area contributed by atoms with Crippen molar-refractivity contribution in [1.29, 1.82) is 0 Å². The SMILES string of the molecule is Cc1cc(CN)nc(N2CCCC3C(=O)NCC32)n1. The molecule has 1 aromatic heterocycles. The number of piperidine rings is 1. The molecule has 0 bridgehead atoms. The van der Waals surface area contributed by atoms with E-state index in [4.69, 9.17) is 5.73 Å². The molecule has 102 valence electrons. The maximum atomic E-state index is 11.8. The summed E-state index contributed by atoms with van der Waals surface area (Å²) in [4.78, 5) is 23.0. The first kappa shape index (κ1) is 12.3. The molecule has 6 nitrogen and oxygen atoms in total. The molecule has 3 rings (SSSR count). The van der Waals surface area contributed by atoms with Crippen molar-refractivity contribution in [1.82, 2.24) is 15.3 Å². The van der Waals surface area contributed by atoms with Crippen molar-refractivity contribution in [3.8, 4) is 0 Å². The van der Waals surface area contributed by atoms with Crippen LogP contribution in [0, 0.1) is 12.8 Å². The lowest BCUT2D eigenvalue weighted by Crippen LogP contribution is -2.46. The van der Waals surface area contributed by atoms with Crippen LogP contribution in [0.5, 0.6) is 0 Å². The Hall–Kier alpha value is -1.69. The molecule has 0 aliphatic carbocycles. The first-order chi connectivity index (χ1) is 9.19. The number of carbonyl (C=O) groups excluding carboxylic acids is 1. The minimum absolute atomic E-state index is 0.0826. The van der Waals surface area contributed by atoms with E-state index in [2.05, 4.69) is 20.2 Å². The highest BCUT2D eigenvalue weighted by molar-refractivity contribution is 5.82. The van der Waals surface area contributed by atoms with Crippen molar-refractivity contribution in [3.63, 3.8) is 0 Å². The molecule has 2 atom stereocenters. The summed E-state index contributed by atoms with van der Waals surface area (Å²) in [6.45, 7) is 3.96. The van der Waals surface area contributed by atoms with Crippen LogP contribution in [0.25, 0.3) is 0 Å². The predicted molar refractivity (Wildman–Crippen MR) is 71.5 cm³/mol. The second-order valence-electron chi connectivity index (χ2n) is 5.26. The molecule has 2 fully saturated rings. The third-order valence-corrected chi connectivity index (χ3v) is 3.96. The number of nitrogens with one attached hydrogen (secondary N) is 1. The van der Waals surface area contributed by atoms with E-state index in [9.17, 15) is 4.79 Å². The molecule has 2 aliphatic heterocycles. The number of carbonyl (C=O) groups is 1. The molecule has 0 spiro atoms. The number of hydrogen-bond acceptors (Lipinski definition) is 5. The molecule has 19 heavy (non-hydrogen) atoms. The van der Waals surface area contributed by atoms with E-state index >= 15 is 0 Å². The van der Waals surface area contributed by atoms with Crippen molar-refractivity contribution < 1.29 is 4.79 Å². The van der Waals surface area contributed by atoms with E-state index in [1.807, 2.05) is 13.0 Å². The molecule has 2 unspecified atom stereocenters. The van der Waals surface area contributed by atoms with Crippen LogP contribution < -0.4 is 16.0 Å². The predicted octanol–water partition coefficient (Wildman–Crippen LogP) is -0.0415. The number of nitrogens with zero attached hydrogens (tertiary/aromatic N) is 3. The van der Waals surface area contributed by atoms with Gasteiger partial charge in [-0.25, -0.2) is 9.97 Å². The van der Waals surface area contributed by atoms with Gasteiger partial charge in [0.15, 0.2) is 0 Å². The standard InChI is InChI=1S/C13H19N5O/c1-8-5-9(6-14)17-13(16-8)18-4-2-3-10-11(18)7-15-12(10)19/h5,10-11H,2-4,6-7,14H2,1H3,(H,15,19). The van der Waals surface area contributed by atoms with Gasteiger partial charge in [0.25, 0.3) is 0 Å². The van der Waals surface area contributed by atoms with Gasteiger partial charge in [-0.1, -0.05) is 0 Å². The lowest BCUT2D eigenvalue weighted by Gasteiger charge is -2.36. The van der Waals surface area contributed by atoms with Crippen molar-refractivity contribution >= 4 is 11.9 Å². The number of fused-ring (bicyclic) bond motifs is 1. The Balaban J connectivity index is 1.92. The quantitative estimate of drug-likeness (QED) is 0.780. The summed E-state index contributed by atoms with van der Waals surface area (Å²) < 4.78 is 0. The normalized spacial score (nSPS) is 26.2. The Bertz CT molecular complexity index is 504. The van der Waals surface area contributed by atoms with Gasteiger partial charge >= 0.3 is 0 Å². The van der Waals surface area contributed by atoms with Crippen LogP contribution in [0.4, 0.5) is 5.95 Å². The molecule has 6 heteroatoms. The van der Waals surface area contributed by atoms with Crippen LogP contribution in [-0.4, -0.2) is 35.0 Å². The van der Waals surface area contributed by atoms with E-state index in [-0.39, 0.29) is 17.9 Å². The van der Waals surface area contributed by atoms with Crippen molar-refractivity contribution in [2.45, 2.75) is 32.4 Å². The molecule has 3 heterocycles. The first-order valence-electron chi connectivity index (χ1n) is 6.78. The second-order valence-corrected chi connectivity index (χ2v) is 5.26. The van der Waals surface area contributed by atoms with Gasteiger partial charge in [-0.15, -0.1) is 0 Å². The van der Waals surface area contributed by atoms with Gasteiger partial charge in [-0.05, 0) is 25.8 Å². The minimum atomic E-state index is 0.0826. The summed E-state index contributed by atoms with van der Waals surface area (Å²) in [5, 5.41) is 2.94. The van der Waals surface area contributed by atoms with Gasteiger partial charge in [-0.3, -0.25) is 4.79 Å². The van der Waals surface area contributed by atoms with Crippen LogP contribution in [0.1, 0.15) is 24.2 Å². The summed E-state index contributed by atoms with van der Waals surface area (Å²) in [5.74, 6) is 0.965. The van der Waals surface area contributed by atoms with Crippen molar-refractivity contribution in [2.75, 3.05) is 18.0 Å². The van der Waals surface area contributed by atoms with Gasteiger partial charge in [-0.2, -0.15) is 0 Å². The topological polar surface area (TPSA) is 84.1 Å². The third-order valence-electron chi connectivity index (χ3n) is 3.96. The van der Waals surface area contributed by atoms with E-state index in [0.29, 0.717) is 19.0 Å². The summed E-state index contributed by atoms with van der Waals surface area (Å²) in [7, 11) is 0. The summed E-state index contributed by atoms with van der Waals surface area (Å²) in [6.07, 6.45) is 1.96. The average molecular weight is 261 g/mol. The molecular formula is C13H19N5O. The van der Waals surface area contributed by atoms with Crippen LogP contribution in [-0.2, 0) is 11.3 Å². The Morgan fingerprint density at radius 2 is 2.37 bits per heavy atom. The third kappa shape index (κ3) is 2.16. The van der Waals surface area contributed by atoms with E-state index in [0.717, 1.165) is 30.8 Å². The second kappa shape index (κ2) is 4.77. The number of nitrogens with two attached hydrogens (primary N) is 1. The minimum Gasteiger partial charge on any atom is -0.354 e. The summed E-state index contributed by atoms with van der Waals surface area (Å²) >= 11 is 0. The highest BCUT2D eigenvalue weighted by Crippen LogP contribution is 2.29. The Morgan fingerprint density at radius 3 is 3.16 bits per heavy atom. The molecular weight excluding hydrogens is 242 g/mol. The fraction of sp³-hybridized carbons (Fsp3) is 0.615. The lowest BCUT2D eigenvalue weighted by atomic mass is 9.92. The summed E-state index contributed by atoms with van der Waals surface area (Å²) in [6, 6.07) is 2.09. The first-order valence-corrected chi connectivity index (χ1v) is 6.78. The van der Waals surface area contributed by atoms with Gasteiger partial charge in [0.2, 0.25) is 11.9 Å². The number of hydrogen-bond donors (Lipinski definition) is 2. The Morgan fingerprint density at radius 1 is 1.53 bits per heavy atom. The lowest BCUT2D eigenvalue weighted by molar-refractivity contribution is -0.123. The zero-order chi connectivity index (χ0) is 13.4. The number of aromatic nitrogens is 2. The van der Waals surface area contributed by atoms with Gasteiger partial charge in [0.05, 0.1) is 17.7 Å². The average Bonchev–Trinajstić information content (AvgIpc) is 2.80. The zero-order valence-corrected chi connectivity index (χ0v) is 11.1. The maximum Gasteiger partial charge on any atom is 0.226 e. The van der Waals surface area contributed by atoms with Crippen LogP contribution in [0.15, 0.2) is 6.07 Å². The Kier molecular flexibility index (Phi) is 3.10. The molecule has 2 aliphatic rings. The molecule has 3 N–H and O–H groups in total. The van der Waals surface area contributed by atoms with E-state index in [1.54, 1.807) is 0 Å². The number of amides is 1.